The fourth-order valence-corrected chi connectivity index (χ4v) is 5.03. The lowest BCUT2D eigenvalue weighted by Gasteiger charge is -2.46. The van der Waals surface area contributed by atoms with Crippen LogP contribution in [-0.2, 0) is 11.2 Å². The van der Waals surface area contributed by atoms with Crippen molar-refractivity contribution < 1.29 is 19.8 Å². The maximum atomic E-state index is 12.4. The van der Waals surface area contributed by atoms with Gasteiger partial charge in [-0.1, -0.05) is 38.3 Å². The molecule has 2 fully saturated rings. The Morgan fingerprint density at radius 1 is 1.28 bits per heavy atom. The summed E-state index contributed by atoms with van der Waals surface area (Å²) in [5, 5.41) is 19.9. The van der Waals surface area contributed by atoms with Gasteiger partial charge in [0.15, 0.2) is 0 Å². The minimum absolute atomic E-state index is 0.134. The Bertz CT molecular complexity index is 695. The maximum Gasteiger partial charge on any atom is 0.335 e. The average molecular weight is 402 g/mol. The Kier molecular flexibility index (Phi) is 7.33. The molecule has 2 N–H and O–H groups in total. The smallest absolute Gasteiger partial charge is 0.335 e. The molecule has 0 unspecified atom stereocenters. The summed E-state index contributed by atoms with van der Waals surface area (Å²) in [4.78, 5) is 25.3. The Labute approximate surface area is 174 Å². The molecule has 5 nitrogen and oxygen atoms in total. The van der Waals surface area contributed by atoms with Crippen molar-refractivity contribution in [1.82, 2.24) is 4.90 Å². The van der Waals surface area contributed by atoms with E-state index in [9.17, 15) is 14.7 Å². The molecule has 1 saturated heterocycles. The number of carbonyl (C=O) groups is 2. The number of rotatable bonds is 11. The van der Waals surface area contributed by atoms with E-state index in [2.05, 4.69) is 6.92 Å². The van der Waals surface area contributed by atoms with Gasteiger partial charge in [-0.05, 0) is 68.1 Å². The van der Waals surface area contributed by atoms with Crippen molar-refractivity contribution in [2.24, 2.45) is 5.41 Å². The van der Waals surface area contributed by atoms with Crippen LogP contribution in [0, 0.1) is 5.41 Å². The summed E-state index contributed by atoms with van der Waals surface area (Å²) in [6.07, 6.45) is 10.6. The van der Waals surface area contributed by atoms with Gasteiger partial charge in [0.25, 0.3) is 0 Å². The lowest BCUT2D eigenvalue weighted by Crippen LogP contribution is -2.42. The second kappa shape index (κ2) is 9.75. The van der Waals surface area contributed by atoms with Gasteiger partial charge in [-0.2, -0.15) is 0 Å². The van der Waals surface area contributed by atoms with Crippen molar-refractivity contribution in [3.63, 3.8) is 0 Å². The van der Waals surface area contributed by atoms with E-state index in [0.717, 1.165) is 50.5 Å². The lowest BCUT2D eigenvalue weighted by molar-refractivity contribution is -0.129. The first-order valence-electron chi connectivity index (χ1n) is 11.2. The van der Waals surface area contributed by atoms with E-state index in [1.165, 1.54) is 19.3 Å². The molecule has 1 aromatic carbocycles. The summed E-state index contributed by atoms with van der Waals surface area (Å²) >= 11 is 0. The van der Waals surface area contributed by atoms with Crippen molar-refractivity contribution in [1.29, 1.82) is 0 Å². The number of unbranched alkanes of at least 4 members (excludes halogenated alkanes) is 1. The van der Waals surface area contributed by atoms with Gasteiger partial charge in [0, 0.05) is 19.0 Å². The van der Waals surface area contributed by atoms with E-state index in [4.69, 9.17) is 5.11 Å². The summed E-state index contributed by atoms with van der Waals surface area (Å²) in [5.41, 5.74) is 1.46. The zero-order valence-corrected chi connectivity index (χ0v) is 17.6. The Morgan fingerprint density at radius 3 is 2.59 bits per heavy atom. The number of likely N-dealkylation sites (tertiary alicyclic amines) is 1. The van der Waals surface area contributed by atoms with Gasteiger partial charge in [-0.15, -0.1) is 0 Å². The number of benzene rings is 1. The molecule has 1 aliphatic carbocycles. The normalized spacial score (nSPS) is 21.8. The molecule has 3 rings (SSSR count). The third-order valence-corrected chi connectivity index (χ3v) is 7.15. The first kappa shape index (κ1) is 21.8. The van der Waals surface area contributed by atoms with Crippen LogP contribution in [0.5, 0.6) is 0 Å². The van der Waals surface area contributed by atoms with Gasteiger partial charge in [0.05, 0.1) is 11.7 Å². The van der Waals surface area contributed by atoms with Gasteiger partial charge in [0.1, 0.15) is 0 Å². The fraction of sp³-hybridized carbons (Fsp3) is 0.667. The van der Waals surface area contributed by atoms with Crippen molar-refractivity contribution >= 4 is 11.9 Å². The Morgan fingerprint density at radius 2 is 2.00 bits per heavy atom. The monoisotopic (exact) mass is 401 g/mol. The van der Waals surface area contributed by atoms with Gasteiger partial charge in [-0.3, -0.25) is 4.79 Å². The summed E-state index contributed by atoms with van der Waals surface area (Å²) in [6.45, 7) is 2.86. The van der Waals surface area contributed by atoms with E-state index >= 15 is 0 Å². The van der Waals surface area contributed by atoms with Crippen LogP contribution in [0.2, 0.25) is 0 Å². The van der Waals surface area contributed by atoms with Crippen LogP contribution in [0.15, 0.2) is 24.3 Å². The molecule has 1 amide bonds. The molecule has 2 atom stereocenters. The zero-order valence-electron chi connectivity index (χ0n) is 17.6. The first-order valence-corrected chi connectivity index (χ1v) is 11.2. The molecule has 0 radical (unpaired) electrons. The molecule has 0 bridgehead atoms. The van der Waals surface area contributed by atoms with Crippen LogP contribution in [-0.4, -0.2) is 45.7 Å². The topological polar surface area (TPSA) is 77.8 Å². The minimum atomic E-state index is -0.923. The maximum absolute atomic E-state index is 12.4. The molecule has 1 saturated carbocycles. The highest BCUT2D eigenvalue weighted by molar-refractivity contribution is 5.87. The number of hydrogen-bond donors (Lipinski definition) is 2. The number of amides is 1. The van der Waals surface area contributed by atoms with Crippen LogP contribution < -0.4 is 0 Å². The molecule has 5 heteroatoms. The number of carboxylic acid groups (broad SMARTS) is 1. The molecule has 29 heavy (non-hydrogen) atoms. The minimum Gasteiger partial charge on any atom is -0.478 e. The van der Waals surface area contributed by atoms with Crippen LogP contribution in [0.25, 0.3) is 0 Å². The molecule has 1 aliphatic heterocycles. The molecular formula is C24H35NO4. The number of hydrogen-bond acceptors (Lipinski definition) is 3. The number of carboxylic acids is 1. The van der Waals surface area contributed by atoms with Gasteiger partial charge >= 0.3 is 5.97 Å². The number of carbonyl (C=O) groups excluding carboxylic acids is 1. The highest BCUT2D eigenvalue weighted by Gasteiger charge is 2.43. The molecule has 2 aliphatic rings. The molecule has 1 aromatic rings. The van der Waals surface area contributed by atoms with Gasteiger partial charge in [0.2, 0.25) is 5.91 Å². The molecule has 0 spiro atoms. The van der Waals surface area contributed by atoms with Crippen LogP contribution in [0.4, 0.5) is 0 Å². The van der Waals surface area contributed by atoms with E-state index in [-0.39, 0.29) is 29.0 Å². The first-order chi connectivity index (χ1) is 13.9. The molecular weight excluding hydrogens is 366 g/mol. The van der Waals surface area contributed by atoms with E-state index in [1.54, 1.807) is 12.1 Å². The quantitative estimate of drug-likeness (QED) is 0.575. The van der Waals surface area contributed by atoms with Crippen molar-refractivity contribution in [3.05, 3.63) is 35.4 Å². The molecule has 0 aromatic heterocycles. The molecule has 160 valence electrons. The largest absolute Gasteiger partial charge is 0.478 e. The Balaban J connectivity index is 1.51. The zero-order chi connectivity index (χ0) is 20.9. The second-order valence-corrected chi connectivity index (χ2v) is 8.94. The predicted molar refractivity (Wildman–Crippen MR) is 113 cm³/mol. The number of nitrogens with zero attached hydrogens (tertiary/aromatic N) is 1. The predicted octanol–water partition coefficient (Wildman–Crippen LogP) is 4.42. The highest BCUT2D eigenvalue weighted by atomic mass is 16.4. The summed E-state index contributed by atoms with van der Waals surface area (Å²) in [6, 6.07) is 7.11. The van der Waals surface area contributed by atoms with Crippen molar-refractivity contribution in [3.8, 4) is 0 Å². The fourth-order valence-electron chi connectivity index (χ4n) is 5.03. The number of aliphatic hydroxyl groups excluding tert-OH is 1. The van der Waals surface area contributed by atoms with E-state index in [1.807, 2.05) is 17.0 Å². The third kappa shape index (κ3) is 5.19. The van der Waals surface area contributed by atoms with Crippen molar-refractivity contribution in [2.75, 3.05) is 6.54 Å². The van der Waals surface area contributed by atoms with E-state index in [0.29, 0.717) is 13.0 Å². The summed E-state index contributed by atoms with van der Waals surface area (Å²) < 4.78 is 0. The second-order valence-electron chi connectivity index (χ2n) is 8.94. The van der Waals surface area contributed by atoms with Crippen LogP contribution in [0.3, 0.4) is 0 Å². The molecule has 1 heterocycles. The summed E-state index contributed by atoms with van der Waals surface area (Å²) in [7, 11) is 0. The Hall–Kier alpha value is -1.88. The lowest BCUT2D eigenvalue weighted by atomic mass is 9.61. The standard InChI is InChI=1S/C24H35NO4/c1-2-3-14-24(15-4-16-24)21(26)11-9-20-10-12-22(27)25(20)17-13-18-5-7-19(8-6-18)23(28)29/h5-8,20-21,26H,2-4,9-17H2,1H3,(H,28,29)/t20-,21+/m0/s1. The number of aliphatic hydroxyl groups is 1. The SMILES string of the molecule is CCCCC1([C@H](O)CC[C@H]2CCC(=O)N2CCc2ccc(C(=O)O)cc2)CCC1. The number of aromatic carboxylic acids is 1. The highest BCUT2D eigenvalue weighted by Crippen LogP contribution is 2.49. The van der Waals surface area contributed by atoms with Crippen LogP contribution in [0.1, 0.15) is 87.1 Å². The summed E-state index contributed by atoms with van der Waals surface area (Å²) in [5.74, 6) is -0.718. The van der Waals surface area contributed by atoms with Crippen LogP contribution >= 0.6 is 0 Å². The van der Waals surface area contributed by atoms with E-state index < -0.39 is 5.97 Å². The average Bonchev–Trinajstić information content (AvgIpc) is 3.03. The third-order valence-electron chi connectivity index (χ3n) is 7.15. The van der Waals surface area contributed by atoms with Gasteiger partial charge < -0.3 is 15.1 Å². The van der Waals surface area contributed by atoms with Crippen molar-refractivity contribution in [2.45, 2.75) is 89.7 Å². The van der Waals surface area contributed by atoms with Gasteiger partial charge in [-0.25, -0.2) is 4.79 Å².